The molecule has 17 heavy (non-hydrogen) atoms. The van der Waals surface area contributed by atoms with Crippen molar-refractivity contribution in [1.29, 1.82) is 0 Å². The number of rotatable bonds is 1. The third kappa shape index (κ3) is 1.40. The molecule has 0 unspecified atom stereocenters. The van der Waals surface area contributed by atoms with E-state index in [2.05, 4.69) is 15.1 Å². The molecule has 0 bridgehead atoms. The summed E-state index contributed by atoms with van der Waals surface area (Å²) in [6, 6.07) is 3.64. The molecule has 7 heteroatoms. The molecule has 0 aliphatic carbocycles. The number of aryl methyl sites for hydroxylation is 1. The van der Waals surface area contributed by atoms with Crippen LogP contribution in [0.25, 0.3) is 17.2 Å². The third-order valence-corrected chi connectivity index (χ3v) is 2.37. The van der Waals surface area contributed by atoms with E-state index in [4.69, 9.17) is 15.9 Å². The van der Waals surface area contributed by atoms with Gasteiger partial charge >= 0.3 is 0 Å². The number of nitrogen functional groups attached to an aromatic ring is 2. The number of aromatic nitrogens is 4. The summed E-state index contributed by atoms with van der Waals surface area (Å²) in [4.78, 5) is 8.14. The fourth-order valence-electron chi connectivity index (χ4n) is 1.63. The summed E-state index contributed by atoms with van der Waals surface area (Å²) in [5.74, 6) is 1.97. The van der Waals surface area contributed by atoms with Gasteiger partial charge in [0.25, 0.3) is 0 Å². The van der Waals surface area contributed by atoms with Crippen LogP contribution in [0, 0.1) is 6.92 Å². The van der Waals surface area contributed by atoms with Crippen molar-refractivity contribution in [3.63, 3.8) is 0 Å². The normalized spacial score (nSPS) is 11.1. The number of furan rings is 1. The second-order valence-corrected chi connectivity index (χ2v) is 3.65. The molecule has 3 aromatic rings. The van der Waals surface area contributed by atoms with Gasteiger partial charge in [0.1, 0.15) is 5.76 Å². The fraction of sp³-hybridized carbons (Fsp3) is 0.100. The highest BCUT2D eigenvalue weighted by Gasteiger charge is 2.14. The summed E-state index contributed by atoms with van der Waals surface area (Å²) >= 11 is 0. The molecule has 4 N–H and O–H groups in total. The highest BCUT2D eigenvalue weighted by Crippen LogP contribution is 2.22. The van der Waals surface area contributed by atoms with Gasteiger partial charge in [0.15, 0.2) is 11.4 Å². The van der Waals surface area contributed by atoms with Crippen molar-refractivity contribution in [1.82, 2.24) is 19.6 Å². The maximum atomic E-state index is 5.74. The van der Waals surface area contributed by atoms with Gasteiger partial charge in [0.2, 0.25) is 11.8 Å². The van der Waals surface area contributed by atoms with Crippen LogP contribution in [0.4, 0.5) is 11.6 Å². The molecule has 0 aliphatic rings. The van der Waals surface area contributed by atoms with E-state index in [9.17, 15) is 0 Å². The third-order valence-electron chi connectivity index (χ3n) is 2.37. The number of nitrogens with zero attached hydrogens (tertiary/aromatic N) is 4. The molecule has 0 aliphatic heterocycles. The zero-order valence-electron chi connectivity index (χ0n) is 9.08. The SMILES string of the molecule is Cc1ccc(-c2nc(N)nc3c(N)cnn23)o1. The van der Waals surface area contributed by atoms with Crippen LogP contribution in [-0.4, -0.2) is 19.6 Å². The first-order chi connectivity index (χ1) is 8.15. The van der Waals surface area contributed by atoms with E-state index in [1.807, 2.05) is 13.0 Å². The number of hydrogen-bond acceptors (Lipinski definition) is 6. The van der Waals surface area contributed by atoms with Gasteiger partial charge in [-0.15, -0.1) is 0 Å². The Labute approximate surface area is 96.1 Å². The Kier molecular flexibility index (Phi) is 1.82. The van der Waals surface area contributed by atoms with Gasteiger partial charge in [-0.05, 0) is 19.1 Å². The van der Waals surface area contributed by atoms with E-state index < -0.39 is 0 Å². The molecule has 7 nitrogen and oxygen atoms in total. The number of nitrogens with two attached hydrogens (primary N) is 2. The standard InChI is InChI=1S/C10H10N6O/c1-5-2-3-7(17-5)9-15-10(12)14-8-6(11)4-13-16(8)9/h2-4H,11H2,1H3,(H2,12,14). The topological polar surface area (TPSA) is 108 Å². The number of fused-ring (bicyclic) bond motifs is 1. The minimum atomic E-state index is 0.133. The van der Waals surface area contributed by atoms with Crippen molar-refractivity contribution in [2.45, 2.75) is 6.92 Å². The van der Waals surface area contributed by atoms with E-state index in [1.165, 1.54) is 10.7 Å². The molecule has 0 atom stereocenters. The summed E-state index contributed by atoms with van der Waals surface area (Å²) < 4.78 is 7.00. The quantitative estimate of drug-likeness (QED) is 0.641. The highest BCUT2D eigenvalue weighted by atomic mass is 16.3. The van der Waals surface area contributed by atoms with Gasteiger partial charge in [-0.2, -0.15) is 19.6 Å². The van der Waals surface area contributed by atoms with Crippen molar-refractivity contribution >= 4 is 17.3 Å². The maximum absolute atomic E-state index is 5.74. The molecule has 86 valence electrons. The van der Waals surface area contributed by atoms with Crippen LogP contribution in [0.15, 0.2) is 22.7 Å². The Morgan fingerprint density at radius 3 is 2.76 bits per heavy atom. The fourth-order valence-corrected chi connectivity index (χ4v) is 1.63. The molecule has 0 aromatic carbocycles. The molecule has 0 radical (unpaired) electrons. The minimum absolute atomic E-state index is 0.133. The van der Waals surface area contributed by atoms with Crippen molar-refractivity contribution in [2.24, 2.45) is 0 Å². The predicted molar refractivity (Wildman–Crippen MR) is 62.0 cm³/mol. The van der Waals surface area contributed by atoms with Crippen LogP contribution < -0.4 is 11.5 Å². The van der Waals surface area contributed by atoms with Crippen LogP contribution in [0.5, 0.6) is 0 Å². The zero-order chi connectivity index (χ0) is 12.0. The molecule has 0 spiro atoms. The molecule has 3 aromatic heterocycles. The maximum Gasteiger partial charge on any atom is 0.224 e. The van der Waals surface area contributed by atoms with Gasteiger partial charge in [-0.1, -0.05) is 0 Å². The first-order valence-electron chi connectivity index (χ1n) is 4.98. The van der Waals surface area contributed by atoms with E-state index in [0.717, 1.165) is 5.76 Å². The Morgan fingerprint density at radius 1 is 1.24 bits per heavy atom. The second kappa shape index (κ2) is 3.21. The summed E-state index contributed by atoms with van der Waals surface area (Å²) in [5, 5.41) is 4.10. The first-order valence-corrected chi connectivity index (χ1v) is 4.98. The highest BCUT2D eigenvalue weighted by molar-refractivity contribution is 5.67. The molecule has 0 amide bonds. The largest absolute Gasteiger partial charge is 0.458 e. The van der Waals surface area contributed by atoms with Crippen molar-refractivity contribution in [3.8, 4) is 11.6 Å². The lowest BCUT2D eigenvalue weighted by molar-refractivity contribution is 0.541. The molecular formula is C10H10N6O. The zero-order valence-corrected chi connectivity index (χ0v) is 9.08. The lowest BCUT2D eigenvalue weighted by Gasteiger charge is -2.01. The monoisotopic (exact) mass is 230 g/mol. The van der Waals surface area contributed by atoms with E-state index in [0.29, 0.717) is 22.9 Å². The number of anilines is 2. The van der Waals surface area contributed by atoms with Crippen LogP contribution in [-0.2, 0) is 0 Å². The summed E-state index contributed by atoms with van der Waals surface area (Å²) in [6.07, 6.45) is 1.50. The molecule has 0 saturated heterocycles. The average Bonchev–Trinajstić information content (AvgIpc) is 2.86. The molecule has 3 rings (SSSR count). The Morgan fingerprint density at radius 2 is 2.06 bits per heavy atom. The van der Waals surface area contributed by atoms with E-state index in [-0.39, 0.29) is 5.95 Å². The van der Waals surface area contributed by atoms with Gasteiger partial charge in [0.05, 0.1) is 11.9 Å². The van der Waals surface area contributed by atoms with Gasteiger partial charge in [-0.25, -0.2) is 0 Å². The molecule has 0 saturated carbocycles. The van der Waals surface area contributed by atoms with Crippen molar-refractivity contribution < 1.29 is 4.42 Å². The lowest BCUT2D eigenvalue weighted by Crippen LogP contribution is -2.04. The molecule has 0 fully saturated rings. The van der Waals surface area contributed by atoms with Crippen molar-refractivity contribution in [2.75, 3.05) is 11.5 Å². The van der Waals surface area contributed by atoms with Crippen molar-refractivity contribution in [3.05, 3.63) is 24.1 Å². The minimum Gasteiger partial charge on any atom is -0.458 e. The summed E-state index contributed by atoms with van der Waals surface area (Å²) in [7, 11) is 0. The Hall–Kier alpha value is -2.57. The van der Waals surface area contributed by atoms with Crippen LogP contribution >= 0.6 is 0 Å². The van der Waals surface area contributed by atoms with Gasteiger partial charge in [-0.3, -0.25) is 0 Å². The first kappa shape index (κ1) is 9.64. The predicted octanol–water partition coefficient (Wildman–Crippen LogP) is 0.857. The lowest BCUT2D eigenvalue weighted by atomic mass is 10.4. The summed E-state index contributed by atoms with van der Waals surface area (Å²) in [5.41, 5.74) is 12.3. The van der Waals surface area contributed by atoms with Crippen LogP contribution in [0.1, 0.15) is 5.76 Å². The van der Waals surface area contributed by atoms with E-state index >= 15 is 0 Å². The Bertz CT molecular complexity index is 698. The average molecular weight is 230 g/mol. The van der Waals surface area contributed by atoms with Crippen LogP contribution in [0.2, 0.25) is 0 Å². The number of hydrogen-bond donors (Lipinski definition) is 2. The second-order valence-electron chi connectivity index (χ2n) is 3.65. The van der Waals surface area contributed by atoms with Gasteiger partial charge in [0, 0.05) is 0 Å². The van der Waals surface area contributed by atoms with E-state index in [1.54, 1.807) is 6.07 Å². The van der Waals surface area contributed by atoms with Crippen LogP contribution in [0.3, 0.4) is 0 Å². The smallest absolute Gasteiger partial charge is 0.224 e. The molecular weight excluding hydrogens is 220 g/mol. The molecule has 3 heterocycles. The summed E-state index contributed by atoms with van der Waals surface area (Å²) in [6.45, 7) is 1.85. The van der Waals surface area contributed by atoms with Gasteiger partial charge < -0.3 is 15.9 Å². The Balaban J connectivity index is 2.35.